The van der Waals surface area contributed by atoms with E-state index >= 15 is 0 Å². The van der Waals surface area contributed by atoms with E-state index in [0.717, 1.165) is 75.6 Å². The molecule has 2 fully saturated rings. The van der Waals surface area contributed by atoms with Gasteiger partial charge in [0, 0.05) is 43.7 Å². The number of morpholine rings is 1. The van der Waals surface area contributed by atoms with E-state index in [4.69, 9.17) is 9.26 Å². The monoisotopic (exact) mass is 391 g/mol. The lowest BCUT2D eigenvalue weighted by molar-refractivity contribution is 0.122. The summed E-state index contributed by atoms with van der Waals surface area (Å²) in [6, 6.07) is 0. The topological polar surface area (TPSA) is 67.5 Å². The van der Waals surface area contributed by atoms with Gasteiger partial charge in [0.15, 0.2) is 11.0 Å². The highest BCUT2D eigenvalue weighted by Gasteiger charge is 2.26. The summed E-state index contributed by atoms with van der Waals surface area (Å²) in [7, 11) is 0. The molecule has 0 aliphatic carbocycles. The van der Waals surface area contributed by atoms with Crippen molar-refractivity contribution in [2.24, 2.45) is 5.92 Å². The molecule has 0 saturated carbocycles. The van der Waals surface area contributed by atoms with Crippen molar-refractivity contribution in [3.8, 4) is 0 Å². The Bertz CT molecular complexity index is 725. The number of anilines is 1. The van der Waals surface area contributed by atoms with E-state index in [-0.39, 0.29) is 0 Å². The van der Waals surface area contributed by atoms with Crippen LogP contribution in [-0.2, 0) is 17.7 Å². The molecule has 1 unspecified atom stereocenters. The average Bonchev–Trinajstić information content (AvgIpc) is 3.32. The fraction of sp³-hybridized carbons (Fsp3) is 0.737. The zero-order valence-corrected chi connectivity index (χ0v) is 17.1. The van der Waals surface area contributed by atoms with Crippen LogP contribution < -0.4 is 4.90 Å². The third kappa shape index (κ3) is 4.86. The van der Waals surface area contributed by atoms with Crippen molar-refractivity contribution in [1.29, 1.82) is 0 Å². The highest BCUT2D eigenvalue weighted by Crippen LogP contribution is 2.29. The lowest BCUT2D eigenvalue weighted by Gasteiger charge is -2.30. The molecule has 148 valence electrons. The third-order valence-electron chi connectivity index (χ3n) is 5.13. The molecule has 0 bridgehead atoms. The normalized spacial score (nSPS) is 21.9. The van der Waals surface area contributed by atoms with Gasteiger partial charge in [-0.05, 0) is 25.3 Å². The van der Waals surface area contributed by atoms with E-state index in [1.165, 1.54) is 11.3 Å². The second-order valence-electron chi connectivity index (χ2n) is 7.93. The van der Waals surface area contributed by atoms with Crippen LogP contribution in [0.2, 0.25) is 0 Å². The number of hydrogen-bond donors (Lipinski definition) is 0. The second-order valence-corrected chi connectivity index (χ2v) is 9.02. The summed E-state index contributed by atoms with van der Waals surface area (Å²) in [5.41, 5.74) is 0. The summed E-state index contributed by atoms with van der Waals surface area (Å²) in [6.45, 7) is 10.9. The minimum atomic E-state index is 0.346. The van der Waals surface area contributed by atoms with Crippen molar-refractivity contribution in [3.63, 3.8) is 0 Å². The maximum atomic E-state index is 5.57. The number of aromatic nitrogens is 3. The summed E-state index contributed by atoms with van der Waals surface area (Å²) in [6.07, 6.45) is 5.21. The van der Waals surface area contributed by atoms with Crippen molar-refractivity contribution in [2.75, 3.05) is 44.3 Å². The van der Waals surface area contributed by atoms with E-state index in [1.807, 2.05) is 17.5 Å². The molecule has 2 aromatic heterocycles. The zero-order chi connectivity index (χ0) is 18.6. The fourth-order valence-corrected chi connectivity index (χ4v) is 4.78. The Morgan fingerprint density at radius 2 is 2.11 bits per heavy atom. The molecule has 4 heterocycles. The molecule has 4 rings (SSSR count). The largest absolute Gasteiger partial charge is 0.378 e. The minimum absolute atomic E-state index is 0.346. The van der Waals surface area contributed by atoms with E-state index in [2.05, 4.69) is 38.8 Å². The van der Waals surface area contributed by atoms with Gasteiger partial charge in [0.05, 0.1) is 19.1 Å². The Morgan fingerprint density at radius 3 is 2.93 bits per heavy atom. The molecule has 1 atom stereocenters. The molecular formula is C19H29N5O2S. The third-order valence-corrected chi connectivity index (χ3v) is 6.17. The van der Waals surface area contributed by atoms with Gasteiger partial charge in [0.25, 0.3) is 0 Å². The Labute approximate surface area is 164 Å². The summed E-state index contributed by atoms with van der Waals surface area (Å²) in [5.74, 6) is 2.55. The van der Waals surface area contributed by atoms with E-state index in [0.29, 0.717) is 11.8 Å². The Balaban J connectivity index is 1.34. The minimum Gasteiger partial charge on any atom is -0.378 e. The van der Waals surface area contributed by atoms with Gasteiger partial charge in [-0.3, -0.25) is 4.90 Å². The Morgan fingerprint density at radius 1 is 1.26 bits per heavy atom. The van der Waals surface area contributed by atoms with Crippen LogP contribution in [0.15, 0.2) is 10.7 Å². The summed E-state index contributed by atoms with van der Waals surface area (Å²) < 4.78 is 11.0. The summed E-state index contributed by atoms with van der Waals surface area (Å²) in [4.78, 5) is 15.4. The quantitative estimate of drug-likeness (QED) is 0.750. The summed E-state index contributed by atoms with van der Waals surface area (Å²) >= 11 is 1.81. The highest BCUT2D eigenvalue weighted by atomic mass is 32.1. The van der Waals surface area contributed by atoms with E-state index in [9.17, 15) is 0 Å². The molecule has 27 heavy (non-hydrogen) atoms. The predicted octanol–water partition coefficient (Wildman–Crippen LogP) is 2.94. The number of likely N-dealkylation sites (tertiary alicyclic amines) is 1. The van der Waals surface area contributed by atoms with Crippen LogP contribution in [0.1, 0.15) is 49.2 Å². The Kier molecular flexibility index (Phi) is 6.04. The van der Waals surface area contributed by atoms with Gasteiger partial charge in [0.1, 0.15) is 0 Å². The standard InChI is InChI=1S/C19H29N5O2S/c1-14(2)10-17-21-18(26-22-17)15-4-3-5-23(12-15)13-16-11-20-19(27-16)24-6-8-25-9-7-24/h11,14-15H,3-10,12-13H2,1-2H3. The Hall–Kier alpha value is -1.51. The molecule has 2 saturated heterocycles. The van der Waals surface area contributed by atoms with Gasteiger partial charge >= 0.3 is 0 Å². The van der Waals surface area contributed by atoms with Crippen molar-refractivity contribution in [1.82, 2.24) is 20.0 Å². The van der Waals surface area contributed by atoms with Gasteiger partial charge in [-0.25, -0.2) is 4.98 Å². The van der Waals surface area contributed by atoms with Crippen LogP contribution in [0, 0.1) is 5.92 Å². The number of nitrogens with zero attached hydrogens (tertiary/aromatic N) is 5. The van der Waals surface area contributed by atoms with Crippen LogP contribution in [0.25, 0.3) is 0 Å². The maximum absolute atomic E-state index is 5.57. The fourth-order valence-electron chi connectivity index (χ4n) is 3.77. The van der Waals surface area contributed by atoms with Crippen LogP contribution in [-0.4, -0.2) is 59.4 Å². The first-order valence-corrected chi connectivity index (χ1v) is 10.8. The number of hydrogen-bond acceptors (Lipinski definition) is 8. The van der Waals surface area contributed by atoms with Gasteiger partial charge in [0.2, 0.25) is 5.89 Å². The predicted molar refractivity (Wildman–Crippen MR) is 105 cm³/mol. The molecule has 0 N–H and O–H groups in total. The molecule has 2 aromatic rings. The first-order valence-electron chi connectivity index (χ1n) is 9.99. The van der Waals surface area contributed by atoms with Crippen LogP contribution in [0.5, 0.6) is 0 Å². The number of piperidine rings is 1. The molecule has 2 aliphatic rings. The molecular weight excluding hydrogens is 362 g/mol. The van der Waals surface area contributed by atoms with Gasteiger partial charge in [-0.2, -0.15) is 4.98 Å². The first kappa shape index (κ1) is 18.8. The second kappa shape index (κ2) is 8.67. The average molecular weight is 392 g/mol. The highest BCUT2D eigenvalue weighted by molar-refractivity contribution is 7.15. The maximum Gasteiger partial charge on any atom is 0.231 e. The van der Waals surface area contributed by atoms with Crippen molar-refractivity contribution < 1.29 is 9.26 Å². The first-order chi connectivity index (χ1) is 13.2. The molecule has 7 nitrogen and oxygen atoms in total. The van der Waals surface area contributed by atoms with Crippen molar-refractivity contribution in [3.05, 3.63) is 22.8 Å². The molecule has 0 radical (unpaired) electrons. The zero-order valence-electron chi connectivity index (χ0n) is 16.3. The molecule has 2 aliphatic heterocycles. The van der Waals surface area contributed by atoms with Crippen molar-refractivity contribution >= 4 is 16.5 Å². The molecule has 0 spiro atoms. The van der Waals surface area contributed by atoms with Crippen LogP contribution >= 0.6 is 11.3 Å². The summed E-state index contributed by atoms with van der Waals surface area (Å²) in [5, 5.41) is 5.29. The smallest absolute Gasteiger partial charge is 0.231 e. The van der Waals surface area contributed by atoms with Crippen LogP contribution in [0.3, 0.4) is 0 Å². The number of rotatable bonds is 6. The SMILES string of the molecule is CC(C)Cc1noc(C2CCCN(Cc3cnc(N4CCOCC4)s3)C2)n1. The van der Waals surface area contributed by atoms with Crippen molar-refractivity contribution in [2.45, 2.75) is 45.6 Å². The molecule has 0 aromatic carbocycles. The number of ether oxygens (including phenoxy) is 1. The van der Waals surface area contributed by atoms with Gasteiger partial charge in [-0.1, -0.05) is 19.0 Å². The van der Waals surface area contributed by atoms with E-state index in [1.54, 1.807) is 0 Å². The van der Waals surface area contributed by atoms with E-state index < -0.39 is 0 Å². The lowest BCUT2D eigenvalue weighted by Crippen LogP contribution is -2.36. The van der Waals surface area contributed by atoms with Crippen LogP contribution in [0.4, 0.5) is 5.13 Å². The van der Waals surface area contributed by atoms with Gasteiger partial charge < -0.3 is 14.2 Å². The lowest BCUT2D eigenvalue weighted by atomic mass is 9.98. The molecule has 8 heteroatoms. The molecule has 0 amide bonds. The number of thiazole rings is 1. The van der Waals surface area contributed by atoms with Gasteiger partial charge in [-0.15, -0.1) is 11.3 Å².